The zero-order valence-electron chi connectivity index (χ0n) is 27.2. The Morgan fingerprint density at radius 1 is 0.957 bits per heavy atom. The maximum absolute atomic E-state index is 15.0. The summed E-state index contributed by atoms with van der Waals surface area (Å²) in [5.41, 5.74) is 0.764. The minimum Gasteiger partial charge on any atom is -0.493 e. The third-order valence-electron chi connectivity index (χ3n) is 8.49. The molecular weight excluding hydrogens is 609 g/mol. The molecule has 0 saturated carbocycles. The molecular formula is C34H44FN5O7. The van der Waals surface area contributed by atoms with Crippen LogP contribution < -0.4 is 25.4 Å². The molecule has 5 rings (SSSR count). The minimum atomic E-state index is -0.774. The fourth-order valence-corrected chi connectivity index (χ4v) is 5.72. The van der Waals surface area contributed by atoms with Gasteiger partial charge in [0.1, 0.15) is 6.04 Å². The number of nitrogens with one attached hydrogen (secondary N) is 3. The number of likely N-dealkylation sites (tertiary alicyclic amines) is 1. The number of rotatable bonds is 3. The van der Waals surface area contributed by atoms with Gasteiger partial charge in [-0.05, 0) is 68.0 Å². The van der Waals surface area contributed by atoms with E-state index in [0.717, 1.165) is 0 Å². The number of carbonyl (C=O) groups excluding carboxylic acids is 5. The normalized spacial score (nSPS) is 19.2. The molecule has 0 spiro atoms. The molecule has 47 heavy (non-hydrogen) atoms. The largest absolute Gasteiger partial charge is 0.493 e. The van der Waals surface area contributed by atoms with E-state index in [2.05, 4.69) is 16.0 Å². The fourth-order valence-electron chi connectivity index (χ4n) is 5.72. The quantitative estimate of drug-likeness (QED) is 0.462. The van der Waals surface area contributed by atoms with Gasteiger partial charge in [0, 0.05) is 64.1 Å². The molecule has 2 aromatic carbocycles. The summed E-state index contributed by atoms with van der Waals surface area (Å²) in [5, 5.41) is 8.37. The summed E-state index contributed by atoms with van der Waals surface area (Å²) < 4.78 is 26.2. The van der Waals surface area contributed by atoms with Crippen LogP contribution in [0.5, 0.6) is 17.2 Å². The third-order valence-corrected chi connectivity index (χ3v) is 8.49. The second kappa shape index (κ2) is 16.8. The first kappa shape index (κ1) is 35.2. The topological polar surface area (TPSA) is 146 Å². The lowest BCUT2D eigenvalue weighted by Gasteiger charge is -2.34. The molecule has 3 N–H and O–H groups in total. The number of halogens is 1. The highest BCUT2D eigenvalue weighted by Crippen LogP contribution is 2.34. The van der Waals surface area contributed by atoms with E-state index in [1.807, 2.05) is 0 Å². The molecule has 13 heteroatoms. The van der Waals surface area contributed by atoms with E-state index in [4.69, 9.17) is 9.47 Å². The predicted octanol–water partition coefficient (Wildman–Crippen LogP) is 3.14. The summed E-state index contributed by atoms with van der Waals surface area (Å²) in [6.07, 6.45) is 2.44. The van der Waals surface area contributed by atoms with Crippen LogP contribution in [-0.4, -0.2) is 85.2 Å². The maximum atomic E-state index is 15.0. The van der Waals surface area contributed by atoms with Gasteiger partial charge < -0.3 is 35.2 Å². The number of carbonyl (C=O) groups is 5. The molecule has 0 radical (unpaired) electrons. The van der Waals surface area contributed by atoms with E-state index in [9.17, 15) is 24.0 Å². The molecule has 0 aromatic heterocycles. The van der Waals surface area contributed by atoms with Gasteiger partial charge >= 0.3 is 0 Å². The number of ether oxygens (including phenoxy) is 2. The Hall–Kier alpha value is -4.68. The predicted molar refractivity (Wildman–Crippen MR) is 171 cm³/mol. The zero-order chi connectivity index (χ0) is 33.9. The van der Waals surface area contributed by atoms with Crippen LogP contribution >= 0.6 is 0 Å². The van der Waals surface area contributed by atoms with E-state index in [1.165, 1.54) is 32.2 Å². The monoisotopic (exact) mass is 653 g/mol. The summed E-state index contributed by atoms with van der Waals surface area (Å²) in [7, 11) is 1.44. The van der Waals surface area contributed by atoms with E-state index in [0.29, 0.717) is 69.6 Å². The number of methoxy groups -OCH3 is 1. The van der Waals surface area contributed by atoms with Crippen molar-refractivity contribution in [3.63, 3.8) is 0 Å². The summed E-state index contributed by atoms with van der Waals surface area (Å²) in [6, 6.07) is 8.10. The van der Waals surface area contributed by atoms with Crippen molar-refractivity contribution in [1.82, 2.24) is 25.8 Å². The van der Waals surface area contributed by atoms with Gasteiger partial charge in [-0.1, -0.05) is 13.0 Å². The molecule has 3 aliphatic heterocycles. The van der Waals surface area contributed by atoms with Crippen molar-refractivity contribution in [2.24, 2.45) is 5.92 Å². The molecule has 254 valence electrons. The summed E-state index contributed by atoms with van der Waals surface area (Å²) in [6.45, 7) is 5.33. The fraction of sp³-hybridized carbons (Fsp3) is 0.500. The van der Waals surface area contributed by atoms with E-state index in [-0.39, 0.29) is 66.1 Å². The van der Waals surface area contributed by atoms with Gasteiger partial charge in [0.15, 0.2) is 23.1 Å². The zero-order valence-corrected chi connectivity index (χ0v) is 27.2. The number of hydrogen-bond donors (Lipinski definition) is 3. The van der Waals surface area contributed by atoms with Gasteiger partial charge in [0.2, 0.25) is 23.6 Å². The smallest absolute Gasteiger partial charge is 0.251 e. The van der Waals surface area contributed by atoms with Crippen LogP contribution in [0.3, 0.4) is 0 Å². The average molecular weight is 654 g/mol. The molecule has 0 aliphatic carbocycles. The molecule has 4 bridgehead atoms. The number of benzene rings is 2. The van der Waals surface area contributed by atoms with Crippen molar-refractivity contribution in [1.29, 1.82) is 0 Å². The van der Waals surface area contributed by atoms with Crippen molar-refractivity contribution in [3.8, 4) is 17.2 Å². The van der Waals surface area contributed by atoms with Crippen LogP contribution in [0.15, 0.2) is 36.4 Å². The van der Waals surface area contributed by atoms with E-state index in [1.54, 1.807) is 34.9 Å². The third kappa shape index (κ3) is 9.66. The standard InChI is InChI=1S/C34H44FN5O7/c1-4-27-33(44)37-21-23-8-10-28(26(35)19-23)47-30-20-25(9-11-29(30)46-3)32(43)36-14-6-16-40(15-5-7-31(42)38-27)34(45)24-12-17-39(18-13-24)22(2)41/h8-11,19-20,24,27H,4-7,12-18,21H2,1-3H3,(H,36,43)(H,37,44)(H,38,42)/t27-/m0/s1. The lowest BCUT2D eigenvalue weighted by atomic mass is 9.95. The molecule has 3 aliphatic rings. The van der Waals surface area contributed by atoms with Gasteiger partial charge in [0.25, 0.3) is 5.91 Å². The lowest BCUT2D eigenvalue weighted by Crippen LogP contribution is -2.46. The Morgan fingerprint density at radius 3 is 2.38 bits per heavy atom. The first-order valence-electron chi connectivity index (χ1n) is 16.1. The molecule has 1 atom stereocenters. The molecule has 1 fully saturated rings. The van der Waals surface area contributed by atoms with Crippen LogP contribution in [0, 0.1) is 11.7 Å². The molecule has 3 heterocycles. The summed E-state index contributed by atoms with van der Waals surface area (Å²) in [5.74, 6) is -1.68. The minimum absolute atomic E-state index is 0.0119. The second-order valence-electron chi connectivity index (χ2n) is 11.8. The van der Waals surface area contributed by atoms with Gasteiger partial charge in [-0.3, -0.25) is 24.0 Å². The first-order valence-corrected chi connectivity index (χ1v) is 16.1. The average Bonchev–Trinajstić information content (AvgIpc) is 3.07. The summed E-state index contributed by atoms with van der Waals surface area (Å²) >= 11 is 0. The number of piperidine rings is 1. The van der Waals surface area contributed by atoms with Gasteiger partial charge in [0.05, 0.1) is 7.11 Å². The van der Waals surface area contributed by atoms with Gasteiger partial charge in [-0.15, -0.1) is 0 Å². The Kier molecular flexibility index (Phi) is 12.5. The Bertz CT molecular complexity index is 1460. The van der Waals surface area contributed by atoms with Crippen LogP contribution in [0.2, 0.25) is 0 Å². The van der Waals surface area contributed by atoms with Gasteiger partial charge in [-0.25, -0.2) is 4.39 Å². The van der Waals surface area contributed by atoms with Crippen LogP contribution in [0.25, 0.3) is 0 Å². The SMILES string of the molecule is CC[C@@H]1NC(=O)CCCN(C(=O)C2CCN(C(C)=O)CC2)CCCNC(=O)c2ccc(OC)c(c2)Oc2ccc(cc2F)CNC1=O. The molecule has 1 saturated heterocycles. The Balaban J connectivity index is 1.52. The molecule has 2 aromatic rings. The Labute approximate surface area is 274 Å². The highest BCUT2D eigenvalue weighted by molar-refractivity contribution is 5.95. The van der Waals surface area contributed by atoms with Crippen molar-refractivity contribution in [2.45, 2.75) is 65.0 Å². The first-order chi connectivity index (χ1) is 22.6. The van der Waals surface area contributed by atoms with Gasteiger partial charge in [-0.2, -0.15) is 0 Å². The maximum Gasteiger partial charge on any atom is 0.251 e. The van der Waals surface area contributed by atoms with Crippen molar-refractivity contribution < 1.29 is 37.8 Å². The van der Waals surface area contributed by atoms with Crippen LogP contribution in [0.1, 0.15) is 68.3 Å². The molecule has 0 unspecified atom stereocenters. The van der Waals surface area contributed by atoms with E-state index < -0.39 is 17.8 Å². The molecule has 5 amide bonds. The second-order valence-corrected chi connectivity index (χ2v) is 11.8. The van der Waals surface area contributed by atoms with Crippen molar-refractivity contribution >= 4 is 29.5 Å². The van der Waals surface area contributed by atoms with Crippen LogP contribution in [0.4, 0.5) is 4.39 Å². The lowest BCUT2D eigenvalue weighted by molar-refractivity contribution is -0.140. The van der Waals surface area contributed by atoms with Crippen LogP contribution in [-0.2, 0) is 25.7 Å². The molecule has 12 nitrogen and oxygen atoms in total. The van der Waals surface area contributed by atoms with Crippen molar-refractivity contribution in [3.05, 3.63) is 53.3 Å². The number of hydrogen-bond acceptors (Lipinski definition) is 7. The Morgan fingerprint density at radius 2 is 1.70 bits per heavy atom. The highest BCUT2D eigenvalue weighted by atomic mass is 19.1. The number of fused-ring (bicyclic) bond motifs is 16. The van der Waals surface area contributed by atoms with Crippen molar-refractivity contribution in [2.75, 3.05) is 39.8 Å². The summed E-state index contributed by atoms with van der Waals surface area (Å²) in [4.78, 5) is 67.5. The number of amides is 5. The highest BCUT2D eigenvalue weighted by Gasteiger charge is 2.29. The van der Waals surface area contributed by atoms with E-state index >= 15 is 4.39 Å². The number of nitrogens with zero attached hydrogens (tertiary/aromatic N) is 2.